The molecule has 5 rings (SSSR count). The number of aromatic nitrogens is 5. The van der Waals surface area contributed by atoms with Gasteiger partial charge in [-0.05, 0) is 47.2 Å². The highest BCUT2D eigenvalue weighted by Gasteiger charge is 2.49. The van der Waals surface area contributed by atoms with Crippen molar-refractivity contribution < 1.29 is 14.4 Å². The van der Waals surface area contributed by atoms with Gasteiger partial charge in [0.05, 0.1) is 22.4 Å². The smallest absolute Gasteiger partial charge is 0.325 e. The molecule has 172 valence electrons. The van der Waals surface area contributed by atoms with Gasteiger partial charge in [-0.25, -0.2) is 14.5 Å². The normalized spacial score (nSPS) is 17.9. The molecule has 0 saturated carbocycles. The number of rotatable bonds is 6. The molecule has 1 saturated heterocycles. The maximum absolute atomic E-state index is 13.3. The predicted octanol–water partition coefficient (Wildman–Crippen LogP) is 1.70. The number of imide groups is 1. The molecule has 0 aliphatic carbocycles. The van der Waals surface area contributed by atoms with E-state index in [0.29, 0.717) is 11.3 Å². The van der Waals surface area contributed by atoms with Crippen LogP contribution in [-0.4, -0.2) is 66.4 Å². The van der Waals surface area contributed by atoms with Gasteiger partial charge >= 0.3 is 6.03 Å². The zero-order chi connectivity index (χ0) is 23.9. The second-order valence-corrected chi connectivity index (χ2v) is 9.19. The van der Waals surface area contributed by atoms with Gasteiger partial charge in [0.25, 0.3) is 5.91 Å². The summed E-state index contributed by atoms with van der Waals surface area (Å²) >= 11 is 1.50. The van der Waals surface area contributed by atoms with Crippen LogP contribution in [0.5, 0.6) is 0 Å². The van der Waals surface area contributed by atoms with E-state index < -0.39 is 17.5 Å². The maximum atomic E-state index is 13.3. The number of likely N-dealkylation sites (N-methyl/N-ethyl adjacent to an activating group) is 1. The molecule has 4 aromatic rings. The zero-order valence-corrected chi connectivity index (χ0v) is 19.2. The molecule has 4 amide bonds. The highest BCUT2D eigenvalue weighted by atomic mass is 32.1. The van der Waals surface area contributed by atoms with Gasteiger partial charge in [-0.15, -0.1) is 16.4 Å². The van der Waals surface area contributed by atoms with Crippen LogP contribution in [0.2, 0.25) is 0 Å². The molecule has 2 aromatic carbocycles. The van der Waals surface area contributed by atoms with E-state index >= 15 is 0 Å². The van der Waals surface area contributed by atoms with Crippen molar-refractivity contribution in [3.05, 3.63) is 65.4 Å². The second-order valence-electron chi connectivity index (χ2n) is 8.08. The standard InChI is InChI=1S/C22H20N8O3S/c1-22(14-6-5-7-15(10-14)30-13-23-26-27-30)20(32)29(21(33)25-22)12-19(31)28(2)11-18-24-16-8-3-4-9-17(16)34-18/h3-10,13H,11-12H2,1-2H3,(H,25,33)/t22-/m0/s1. The zero-order valence-electron chi connectivity index (χ0n) is 18.4. The molecule has 11 nitrogen and oxygen atoms in total. The molecule has 2 aromatic heterocycles. The summed E-state index contributed by atoms with van der Waals surface area (Å²) in [5.74, 6) is -0.873. The summed E-state index contributed by atoms with van der Waals surface area (Å²) in [6.45, 7) is 1.53. The van der Waals surface area contributed by atoms with E-state index in [1.54, 1.807) is 38.2 Å². The van der Waals surface area contributed by atoms with E-state index in [2.05, 4.69) is 25.8 Å². The fourth-order valence-corrected chi connectivity index (χ4v) is 4.83. The average Bonchev–Trinajstić information content (AvgIpc) is 3.55. The van der Waals surface area contributed by atoms with Crippen molar-refractivity contribution in [2.45, 2.75) is 19.0 Å². The molecule has 0 radical (unpaired) electrons. The summed E-state index contributed by atoms with van der Waals surface area (Å²) in [5, 5.41) is 14.6. The van der Waals surface area contributed by atoms with Crippen molar-refractivity contribution in [3.63, 3.8) is 0 Å². The average molecular weight is 477 g/mol. The topological polar surface area (TPSA) is 126 Å². The summed E-state index contributed by atoms with van der Waals surface area (Å²) in [5.41, 5.74) is 0.733. The number of tetrazole rings is 1. The lowest BCUT2D eigenvalue weighted by atomic mass is 9.91. The number of amides is 4. The van der Waals surface area contributed by atoms with Crippen LogP contribution in [0, 0.1) is 0 Å². The first-order chi connectivity index (χ1) is 16.3. The van der Waals surface area contributed by atoms with Crippen molar-refractivity contribution in [1.29, 1.82) is 0 Å². The lowest BCUT2D eigenvalue weighted by molar-refractivity contribution is -0.138. The van der Waals surface area contributed by atoms with Crippen LogP contribution in [0.1, 0.15) is 17.5 Å². The number of carbonyl (C=O) groups excluding carboxylic acids is 3. The highest BCUT2D eigenvalue weighted by Crippen LogP contribution is 2.30. The van der Waals surface area contributed by atoms with Crippen LogP contribution >= 0.6 is 11.3 Å². The van der Waals surface area contributed by atoms with E-state index in [0.717, 1.165) is 20.1 Å². The number of nitrogens with zero attached hydrogens (tertiary/aromatic N) is 7. The van der Waals surface area contributed by atoms with Gasteiger partial charge in [-0.1, -0.05) is 24.3 Å². The Bertz CT molecular complexity index is 1370. The van der Waals surface area contributed by atoms with Gasteiger partial charge in [0, 0.05) is 7.05 Å². The fourth-order valence-electron chi connectivity index (χ4n) is 3.81. The summed E-state index contributed by atoms with van der Waals surface area (Å²) in [6.07, 6.45) is 1.43. The Morgan fingerprint density at radius 2 is 2.00 bits per heavy atom. The van der Waals surface area contributed by atoms with Gasteiger partial charge in [-0.3, -0.25) is 14.5 Å². The molecule has 1 N–H and O–H groups in total. The number of fused-ring (bicyclic) bond motifs is 1. The number of benzene rings is 2. The Labute approximate surface area is 198 Å². The first-order valence-electron chi connectivity index (χ1n) is 10.4. The minimum atomic E-state index is -1.33. The fraction of sp³-hybridized carbons (Fsp3) is 0.227. The molecular weight excluding hydrogens is 456 g/mol. The van der Waals surface area contributed by atoms with E-state index in [9.17, 15) is 14.4 Å². The summed E-state index contributed by atoms with van der Waals surface area (Å²) in [7, 11) is 1.63. The Kier molecular flexibility index (Phi) is 5.28. The number of para-hydroxylation sites is 1. The van der Waals surface area contributed by atoms with Crippen LogP contribution in [-0.2, 0) is 21.7 Å². The first kappa shape index (κ1) is 21.6. The van der Waals surface area contributed by atoms with E-state index in [4.69, 9.17) is 0 Å². The number of hydrogen-bond donors (Lipinski definition) is 1. The third-order valence-corrected chi connectivity index (χ3v) is 6.76. The van der Waals surface area contributed by atoms with E-state index in [1.807, 2.05) is 24.3 Å². The van der Waals surface area contributed by atoms with E-state index in [1.165, 1.54) is 27.2 Å². The molecule has 3 heterocycles. The van der Waals surface area contributed by atoms with Gasteiger partial charge in [0.15, 0.2) is 0 Å². The Morgan fingerprint density at radius 3 is 2.76 bits per heavy atom. The second kappa shape index (κ2) is 8.30. The molecular formula is C22H20N8O3S. The summed E-state index contributed by atoms with van der Waals surface area (Å²) < 4.78 is 2.49. The molecule has 0 bridgehead atoms. The summed E-state index contributed by atoms with van der Waals surface area (Å²) in [6, 6.07) is 14.1. The Balaban J connectivity index is 1.31. The third kappa shape index (κ3) is 3.77. The predicted molar refractivity (Wildman–Crippen MR) is 123 cm³/mol. The third-order valence-electron chi connectivity index (χ3n) is 5.74. The SMILES string of the molecule is CN(Cc1nc2ccccc2s1)C(=O)CN1C(=O)N[C@@](C)(c2cccc(-n3cnnn3)c2)C1=O. The van der Waals surface area contributed by atoms with Crippen LogP contribution in [0.4, 0.5) is 4.79 Å². The van der Waals surface area contributed by atoms with Crippen LogP contribution in [0.25, 0.3) is 15.9 Å². The first-order valence-corrected chi connectivity index (χ1v) is 11.2. The largest absolute Gasteiger partial charge is 0.337 e. The van der Waals surface area contributed by atoms with Gasteiger partial charge in [0.1, 0.15) is 23.4 Å². The van der Waals surface area contributed by atoms with Crippen LogP contribution in [0.15, 0.2) is 54.9 Å². The quantitative estimate of drug-likeness (QED) is 0.420. The molecule has 1 fully saturated rings. The van der Waals surface area contributed by atoms with Gasteiger partial charge in [-0.2, -0.15) is 0 Å². The summed E-state index contributed by atoms with van der Waals surface area (Å²) in [4.78, 5) is 45.8. The van der Waals surface area contributed by atoms with Crippen molar-refractivity contribution in [2.24, 2.45) is 0 Å². The lowest BCUT2D eigenvalue weighted by Gasteiger charge is -2.23. The molecule has 1 atom stereocenters. The van der Waals surface area contributed by atoms with Crippen LogP contribution in [0.3, 0.4) is 0 Å². The number of carbonyl (C=O) groups is 3. The Hall–Kier alpha value is -4.19. The Morgan fingerprint density at radius 1 is 1.18 bits per heavy atom. The van der Waals surface area contributed by atoms with Crippen molar-refractivity contribution in [1.82, 2.24) is 40.3 Å². The minimum Gasteiger partial charge on any atom is -0.337 e. The number of urea groups is 1. The van der Waals surface area contributed by atoms with Crippen molar-refractivity contribution >= 4 is 39.4 Å². The molecule has 12 heteroatoms. The molecule has 1 aliphatic rings. The number of thiazole rings is 1. The van der Waals surface area contributed by atoms with Crippen LogP contribution < -0.4 is 5.32 Å². The van der Waals surface area contributed by atoms with Gasteiger partial charge < -0.3 is 10.2 Å². The molecule has 1 aliphatic heterocycles. The number of nitrogens with one attached hydrogen (secondary N) is 1. The molecule has 34 heavy (non-hydrogen) atoms. The highest BCUT2D eigenvalue weighted by molar-refractivity contribution is 7.18. The maximum Gasteiger partial charge on any atom is 0.325 e. The van der Waals surface area contributed by atoms with Crippen molar-refractivity contribution in [2.75, 3.05) is 13.6 Å². The van der Waals surface area contributed by atoms with Gasteiger partial charge in [0.2, 0.25) is 5.91 Å². The molecule has 0 unspecified atom stereocenters. The number of hydrogen-bond acceptors (Lipinski definition) is 8. The minimum absolute atomic E-state index is 0.285. The molecule has 0 spiro atoms. The van der Waals surface area contributed by atoms with E-state index in [-0.39, 0.29) is 19.0 Å². The monoisotopic (exact) mass is 476 g/mol. The van der Waals surface area contributed by atoms with Crippen molar-refractivity contribution in [3.8, 4) is 5.69 Å². The lowest BCUT2D eigenvalue weighted by Crippen LogP contribution is -2.43.